The van der Waals surface area contributed by atoms with Gasteiger partial charge in [0.05, 0.1) is 6.61 Å². The van der Waals surface area contributed by atoms with Gasteiger partial charge in [-0.1, -0.05) is 37.3 Å². The Bertz CT molecular complexity index is 910. The lowest BCUT2D eigenvalue weighted by Gasteiger charge is -2.07. The molecule has 0 saturated carbocycles. The summed E-state index contributed by atoms with van der Waals surface area (Å²) in [5.74, 6) is 1.75. The number of ether oxygens (including phenoxy) is 2. The molecule has 3 aromatic rings. The summed E-state index contributed by atoms with van der Waals surface area (Å²) < 4.78 is 17.3. The molecule has 4 heteroatoms. The van der Waals surface area contributed by atoms with Gasteiger partial charge in [0.25, 0.3) is 0 Å². The SMILES string of the molecule is CCCOc1ccc2oc(-c3ccccc3)c3c(=O)c2c1O3. The number of rotatable bonds is 4. The zero-order valence-corrected chi connectivity index (χ0v) is 12.1. The van der Waals surface area contributed by atoms with Crippen molar-refractivity contribution in [3.05, 3.63) is 52.7 Å². The summed E-state index contributed by atoms with van der Waals surface area (Å²) in [5, 5.41) is 0.461. The molecule has 4 rings (SSSR count). The van der Waals surface area contributed by atoms with Crippen LogP contribution in [-0.2, 0) is 0 Å². The summed E-state index contributed by atoms with van der Waals surface area (Å²) >= 11 is 0. The first-order valence-electron chi connectivity index (χ1n) is 7.29. The second-order valence-corrected chi connectivity index (χ2v) is 5.17. The molecule has 0 atom stereocenters. The van der Waals surface area contributed by atoms with Crippen molar-refractivity contribution in [2.24, 2.45) is 0 Å². The number of hydrogen-bond acceptors (Lipinski definition) is 4. The van der Waals surface area contributed by atoms with Crippen LogP contribution in [0.25, 0.3) is 22.3 Å². The second-order valence-electron chi connectivity index (χ2n) is 5.17. The van der Waals surface area contributed by atoms with Gasteiger partial charge in [-0.15, -0.1) is 0 Å². The van der Waals surface area contributed by atoms with Gasteiger partial charge in [0.15, 0.2) is 17.3 Å². The lowest BCUT2D eigenvalue weighted by molar-refractivity contribution is 0.304. The molecule has 2 heterocycles. The number of hydrogen-bond donors (Lipinski definition) is 0. The highest BCUT2D eigenvalue weighted by Crippen LogP contribution is 2.46. The van der Waals surface area contributed by atoms with Gasteiger partial charge < -0.3 is 13.9 Å². The zero-order chi connectivity index (χ0) is 15.1. The van der Waals surface area contributed by atoms with E-state index in [2.05, 4.69) is 0 Å². The molecule has 2 bridgehead atoms. The fourth-order valence-corrected chi connectivity index (χ4v) is 2.62. The molecule has 0 amide bonds. The maximum Gasteiger partial charge on any atom is 0.239 e. The van der Waals surface area contributed by atoms with Crippen molar-refractivity contribution < 1.29 is 13.9 Å². The van der Waals surface area contributed by atoms with Crippen LogP contribution in [0.5, 0.6) is 17.2 Å². The van der Waals surface area contributed by atoms with Crippen molar-refractivity contribution in [3.8, 4) is 28.6 Å². The van der Waals surface area contributed by atoms with E-state index < -0.39 is 0 Å². The summed E-state index contributed by atoms with van der Waals surface area (Å²) in [7, 11) is 0. The molecule has 22 heavy (non-hydrogen) atoms. The molecule has 110 valence electrons. The lowest BCUT2D eigenvalue weighted by Crippen LogP contribution is -1.98. The minimum absolute atomic E-state index is 0.142. The Kier molecular flexibility index (Phi) is 2.89. The molecule has 2 aromatic carbocycles. The maximum absolute atomic E-state index is 12.6. The van der Waals surface area contributed by atoms with Crippen molar-refractivity contribution in [2.75, 3.05) is 6.61 Å². The molecule has 0 aliphatic carbocycles. The Morgan fingerprint density at radius 2 is 1.86 bits per heavy atom. The van der Waals surface area contributed by atoms with Gasteiger partial charge in [-0.2, -0.15) is 0 Å². The molecule has 0 saturated heterocycles. The van der Waals surface area contributed by atoms with E-state index >= 15 is 0 Å². The van der Waals surface area contributed by atoms with Crippen LogP contribution in [0.4, 0.5) is 0 Å². The van der Waals surface area contributed by atoms with Crippen LogP contribution in [-0.4, -0.2) is 6.61 Å². The van der Waals surface area contributed by atoms with E-state index in [4.69, 9.17) is 13.9 Å². The summed E-state index contributed by atoms with van der Waals surface area (Å²) in [6.07, 6.45) is 0.888. The van der Waals surface area contributed by atoms with Crippen molar-refractivity contribution in [3.63, 3.8) is 0 Å². The fraction of sp³-hybridized carbons (Fsp3) is 0.167. The van der Waals surface area contributed by atoms with Gasteiger partial charge in [0.2, 0.25) is 11.2 Å². The van der Waals surface area contributed by atoms with Crippen molar-refractivity contribution in [1.29, 1.82) is 0 Å². The molecule has 4 nitrogen and oxygen atoms in total. The molecule has 0 radical (unpaired) electrons. The molecule has 0 spiro atoms. The summed E-state index contributed by atoms with van der Waals surface area (Å²) in [6.45, 7) is 2.61. The summed E-state index contributed by atoms with van der Waals surface area (Å²) in [4.78, 5) is 12.6. The highest BCUT2D eigenvalue weighted by atomic mass is 16.5. The van der Waals surface area contributed by atoms with Gasteiger partial charge in [0, 0.05) is 5.56 Å². The summed E-state index contributed by atoms with van der Waals surface area (Å²) in [6, 6.07) is 13.0. The van der Waals surface area contributed by atoms with Gasteiger partial charge in [-0.3, -0.25) is 4.79 Å². The first-order chi connectivity index (χ1) is 10.8. The molecule has 1 aromatic heterocycles. The largest absolute Gasteiger partial charge is 0.490 e. The van der Waals surface area contributed by atoms with E-state index in [9.17, 15) is 4.79 Å². The van der Waals surface area contributed by atoms with E-state index in [1.54, 1.807) is 12.1 Å². The molecule has 0 N–H and O–H groups in total. The quantitative estimate of drug-likeness (QED) is 0.561. The Balaban J connectivity index is 1.91. The molecular weight excluding hydrogens is 280 g/mol. The standard InChI is InChI=1S/C18H14O4/c1-2-10-20-13-9-8-12-14-15(19)18(22-17(13)14)16(21-12)11-6-4-3-5-7-11/h3-9H,2,10H2,1H3. The molecule has 1 aliphatic rings. The van der Waals surface area contributed by atoms with E-state index in [-0.39, 0.29) is 11.2 Å². The number of benzene rings is 2. The van der Waals surface area contributed by atoms with Gasteiger partial charge in [-0.05, 0) is 18.6 Å². The van der Waals surface area contributed by atoms with Crippen LogP contribution in [0, 0.1) is 0 Å². The van der Waals surface area contributed by atoms with Crippen LogP contribution >= 0.6 is 0 Å². The van der Waals surface area contributed by atoms with Crippen LogP contribution in [0.1, 0.15) is 13.3 Å². The number of fused-ring (bicyclic) bond motifs is 1. The third kappa shape index (κ3) is 1.80. The molecule has 1 aliphatic heterocycles. The molecular formula is C18H14O4. The Hall–Kier alpha value is -2.75. The van der Waals surface area contributed by atoms with Crippen LogP contribution in [0.2, 0.25) is 0 Å². The normalized spacial score (nSPS) is 11.9. The zero-order valence-electron chi connectivity index (χ0n) is 12.1. The Morgan fingerprint density at radius 3 is 2.64 bits per heavy atom. The lowest BCUT2D eigenvalue weighted by atomic mass is 10.1. The van der Waals surface area contributed by atoms with E-state index in [0.29, 0.717) is 34.8 Å². The minimum atomic E-state index is -0.142. The average Bonchev–Trinajstić information content (AvgIpc) is 2.84. The average molecular weight is 294 g/mol. The first-order valence-corrected chi connectivity index (χ1v) is 7.29. The highest BCUT2D eigenvalue weighted by molar-refractivity contribution is 5.93. The third-order valence-corrected chi connectivity index (χ3v) is 3.64. The van der Waals surface area contributed by atoms with Crippen LogP contribution in [0.15, 0.2) is 51.7 Å². The summed E-state index contributed by atoms with van der Waals surface area (Å²) in [5.41, 5.74) is 1.19. The van der Waals surface area contributed by atoms with Crippen molar-refractivity contribution >= 4 is 11.0 Å². The Morgan fingerprint density at radius 1 is 1.05 bits per heavy atom. The highest BCUT2D eigenvalue weighted by Gasteiger charge is 2.29. The smallest absolute Gasteiger partial charge is 0.239 e. The maximum atomic E-state index is 12.6. The van der Waals surface area contributed by atoms with Crippen LogP contribution < -0.4 is 14.9 Å². The van der Waals surface area contributed by atoms with Crippen LogP contribution in [0.3, 0.4) is 0 Å². The van der Waals surface area contributed by atoms with Crippen molar-refractivity contribution in [1.82, 2.24) is 0 Å². The van der Waals surface area contributed by atoms with E-state index in [1.165, 1.54) is 0 Å². The van der Waals surface area contributed by atoms with Crippen molar-refractivity contribution in [2.45, 2.75) is 13.3 Å². The van der Waals surface area contributed by atoms with Gasteiger partial charge >= 0.3 is 0 Å². The third-order valence-electron chi connectivity index (χ3n) is 3.64. The fourth-order valence-electron chi connectivity index (χ4n) is 2.62. The molecule has 0 fully saturated rings. The second kappa shape index (κ2) is 4.91. The van der Waals surface area contributed by atoms with Gasteiger partial charge in [0.1, 0.15) is 11.0 Å². The predicted octanol–water partition coefficient (Wildman–Crippen LogP) is 4.35. The van der Waals surface area contributed by atoms with E-state index in [1.807, 2.05) is 37.3 Å². The first kappa shape index (κ1) is 13.0. The predicted molar refractivity (Wildman–Crippen MR) is 83.8 cm³/mol. The minimum Gasteiger partial charge on any atom is -0.490 e. The molecule has 0 unspecified atom stereocenters. The topological polar surface area (TPSA) is 48.7 Å². The van der Waals surface area contributed by atoms with E-state index in [0.717, 1.165) is 12.0 Å². The Labute approximate surface area is 126 Å². The monoisotopic (exact) mass is 294 g/mol. The van der Waals surface area contributed by atoms with Gasteiger partial charge in [-0.25, -0.2) is 0 Å².